The molecule has 0 unspecified atom stereocenters. The molecule has 19 heavy (non-hydrogen) atoms. The van der Waals surface area contributed by atoms with E-state index >= 15 is 0 Å². The number of alkyl halides is 2. The third-order valence-corrected chi connectivity index (χ3v) is 2.42. The first kappa shape index (κ1) is 15.1. The minimum atomic E-state index is -3.00. The van der Waals surface area contributed by atoms with Crippen molar-refractivity contribution in [2.75, 3.05) is 0 Å². The molecule has 5 nitrogen and oxygen atoms in total. The number of nitrogens with zero attached hydrogens (tertiary/aromatic N) is 2. The molecule has 7 heteroatoms. The van der Waals surface area contributed by atoms with Crippen LogP contribution in [0.2, 0.25) is 0 Å². The molecule has 106 valence electrons. The van der Waals surface area contributed by atoms with Crippen molar-refractivity contribution in [1.29, 1.82) is 0 Å². The van der Waals surface area contributed by atoms with E-state index < -0.39 is 18.2 Å². The monoisotopic (exact) mass is 274 g/mol. The molecule has 1 N–H and O–H groups in total. The number of hydrogen-bond acceptors (Lipinski definition) is 3. The molecular formula is C12H16F2N2O3. The highest BCUT2D eigenvalue weighted by Crippen LogP contribution is 2.23. The van der Waals surface area contributed by atoms with Gasteiger partial charge in [0.15, 0.2) is 0 Å². The van der Waals surface area contributed by atoms with E-state index in [1.165, 1.54) is 18.3 Å². The highest BCUT2D eigenvalue weighted by atomic mass is 19.3. The Morgan fingerprint density at radius 3 is 2.63 bits per heavy atom. The number of aromatic nitrogens is 1. The molecule has 0 saturated heterocycles. The van der Waals surface area contributed by atoms with Crippen molar-refractivity contribution in [3.05, 3.63) is 23.9 Å². The Morgan fingerprint density at radius 1 is 1.53 bits per heavy atom. The summed E-state index contributed by atoms with van der Waals surface area (Å²) in [5.41, 5.74) is -0.371. The van der Waals surface area contributed by atoms with Crippen molar-refractivity contribution in [1.82, 2.24) is 9.88 Å². The van der Waals surface area contributed by atoms with Gasteiger partial charge in [0, 0.05) is 17.3 Å². The Bertz CT molecular complexity index is 447. The summed E-state index contributed by atoms with van der Waals surface area (Å²) in [5.74, 6) is -0.256. The Hall–Kier alpha value is -1.92. The average Bonchev–Trinajstić information content (AvgIpc) is 2.24. The van der Waals surface area contributed by atoms with Crippen LogP contribution in [0.5, 0.6) is 5.88 Å². The summed E-state index contributed by atoms with van der Waals surface area (Å²) in [5, 5.41) is 9.16. The maximum Gasteiger partial charge on any atom is 0.408 e. The van der Waals surface area contributed by atoms with Gasteiger partial charge in [-0.3, -0.25) is 4.90 Å². The van der Waals surface area contributed by atoms with Crippen LogP contribution < -0.4 is 4.74 Å². The zero-order valence-corrected chi connectivity index (χ0v) is 10.9. The second-order valence-electron chi connectivity index (χ2n) is 4.89. The molecule has 0 radical (unpaired) electrons. The van der Waals surface area contributed by atoms with Gasteiger partial charge in [-0.15, -0.1) is 0 Å². The fourth-order valence-corrected chi connectivity index (χ4v) is 1.50. The normalized spacial score (nSPS) is 11.5. The van der Waals surface area contributed by atoms with Crippen LogP contribution in [0.3, 0.4) is 0 Å². The van der Waals surface area contributed by atoms with Crippen LogP contribution in [0, 0.1) is 0 Å². The summed E-state index contributed by atoms with van der Waals surface area (Å²) in [7, 11) is 0. The SMILES string of the molecule is CC(C)(C)N(Cc1cccnc1OC(F)F)C(=O)O. The lowest BCUT2D eigenvalue weighted by atomic mass is 10.1. The van der Waals surface area contributed by atoms with E-state index in [9.17, 15) is 13.6 Å². The van der Waals surface area contributed by atoms with E-state index in [4.69, 9.17) is 5.11 Å². The molecule has 1 aromatic rings. The molecule has 0 aromatic carbocycles. The number of halogens is 2. The zero-order chi connectivity index (χ0) is 14.6. The topological polar surface area (TPSA) is 62.7 Å². The molecule has 0 bridgehead atoms. The predicted octanol–water partition coefficient (Wildman–Crippen LogP) is 2.96. The van der Waals surface area contributed by atoms with E-state index in [1.54, 1.807) is 20.8 Å². The Balaban J connectivity index is 3.00. The predicted molar refractivity (Wildman–Crippen MR) is 64.2 cm³/mol. The quantitative estimate of drug-likeness (QED) is 0.916. The molecule has 0 saturated carbocycles. The molecule has 1 amide bonds. The maximum atomic E-state index is 12.2. The van der Waals surface area contributed by atoms with Gasteiger partial charge >= 0.3 is 12.7 Å². The summed E-state index contributed by atoms with van der Waals surface area (Å²) in [6.45, 7) is 2.07. The smallest absolute Gasteiger partial charge is 0.408 e. The number of rotatable bonds is 4. The van der Waals surface area contributed by atoms with E-state index in [1.807, 2.05) is 0 Å². The van der Waals surface area contributed by atoms with Gasteiger partial charge in [-0.25, -0.2) is 9.78 Å². The first-order chi connectivity index (χ1) is 8.71. The number of carboxylic acid groups (broad SMARTS) is 1. The molecular weight excluding hydrogens is 258 g/mol. The van der Waals surface area contributed by atoms with Gasteiger partial charge in [0.2, 0.25) is 5.88 Å². The van der Waals surface area contributed by atoms with Crippen LogP contribution >= 0.6 is 0 Å². The first-order valence-electron chi connectivity index (χ1n) is 5.61. The highest BCUT2D eigenvalue weighted by Gasteiger charge is 2.27. The van der Waals surface area contributed by atoms with E-state index in [-0.39, 0.29) is 12.4 Å². The van der Waals surface area contributed by atoms with Crippen LogP contribution in [-0.2, 0) is 6.54 Å². The molecule has 0 atom stereocenters. The van der Waals surface area contributed by atoms with Gasteiger partial charge < -0.3 is 9.84 Å². The average molecular weight is 274 g/mol. The Labute approximate surface area is 109 Å². The number of hydrogen-bond donors (Lipinski definition) is 1. The lowest BCUT2D eigenvalue weighted by Crippen LogP contribution is -2.44. The van der Waals surface area contributed by atoms with Crippen molar-refractivity contribution in [3.63, 3.8) is 0 Å². The van der Waals surface area contributed by atoms with Gasteiger partial charge in [0.25, 0.3) is 0 Å². The van der Waals surface area contributed by atoms with Crippen molar-refractivity contribution in [2.24, 2.45) is 0 Å². The van der Waals surface area contributed by atoms with Gasteiger partial charge in [0.1, 0.15) is 0 Å². The third-order valence-electron chi connectivity index (χ3n) is 2.42. The van der Waals surface area contributed by atoms with E-state index in [2.05, 4.69) is 9.72 Å². The van der Waals surface area contributed by atoms with Crippen LogP contribution in [0.15, 0.2) is 18.3 Å². The highest BCUT2D eigenvalue weighted by molar-refractivity contribution is 5.66. The van der Waals surface area contributed by atoms with Crippen LogP contribution in [-0.4, -0.2) is 33.2 Å². The summed E-state index contributed by atoms with van der Waals surface area (Å²) in [6, 6.07) is 3.04. The summed E-state index contributed by atoms with van der Waals surface area (Å²) >= 11 is 0. The lowest BCUT2D eigenvalue weighted by molar-refractivity contribution is -0.0539. The summed E-state index contributed by atoms with van der Waals surface area (Å²) < 4.78 is 28.8. The van der Waals surface area contributed by atoms with Crippen molar-refractivity contribution < 1.29 is 23.4 Å². The molecule has 0 fully saturated rings. The van der Waals surface area contributed by atoms with Crippen molar-refractivity contribution in [2.45, 2.75) is 39.5 Å². The fourth-order valence-electron chi connectivity index (χ4n) is 1.50. The molecule has 1 rings (SSSR count). The standard InChI is InChI=1S/C12H16F2N2O3/c1-12(2,3)16(11(17)18)7-8-5-4-6-15-9(8)19-10(13)14/h4-6,10H,7H2,1-3H3,(H,17,18). The minimum Gasteiger partial charge on any atom is -0.465 e. The second kappa shape index (κ2) is 5.81. The van der Waals surface area contributed by atoms with E-state index in [0.29, 0.717) is 5.56 Å². The largest absolute Gasteiger partial charge is 0.465 e. The van der Waals surface area contributed by atoms with Gasteiger partial charge in [-0.1, -0.05) is 6.07 Å². The number of carbonyl (C=O) groups is 1. The fraction of sp³-hybridized carbons (Fsp3) is 0.500. The first-order valence-corrected chi connectivity index (χ1v) is 5.61. The molecule has 0 aliphatic carbocycles. The molecule has 0 spiro atoms. The molecule has 1 heterocycles. The Kier molecular flexibility index (Phi) is 4.63. The second-order valence-corrected chi connectivity index (χ2v) is 4.89. The zero-order valence-electron chi connectivity index (χ0n) is 10.9. The number of ether oxygens (including phenoxy) is 1. The molecule has 1 aromatic heterocycles. The summed E-state index contributed by atoms with van der Waals surface area (Å²) in [6.07, 6.45) is 0.169. The Morgan fingerprint density at radius 2 is 2.16 bits per heavy atom. The van der Waals surface area contributed by atoms with Crippen molar-refractivity contribution in [3.8, 4) is 5.88 Å². The lowest BCUT2D eigenvalue weighted by Gasteiger charge is -2.33. The number of pyridine rings is 1. The third kappa shape index (κ3) is 4.35. The number of amides is 1. The van der Waals surface area contributed by atoms with Gasteiger partial charge in [0.05, 0.1) is 6.54 Å². The van der Waals surface area contributed by atoms with Gasteiger partial charge in [-0.05, 0) is 26.8 Å². The van der Waals surface area contributed by atoms with Crippen LogP contribution in [0.1, 0.15) is 26.3 Å². The van der Waals surface area contributed by atoms with Crippen molar-refractivity contribution >= 4 is 6.09 Å². The molecule has 0 aliphatic rings. The van der Waals surface area contributed by atoms with Gasteiger partial charge in [-0.2, -0.15) is 8.78 Å². The minimum absolute atomic E-state index is 0.0747. The van der Waals surface area contributed by atoms with Crippen LogP contribution in [0.25, 0.3) is 0 Å². The summed E-state index contributed by atoms with van der Waals surface area (Å²) in [4.78, 5) is 16.0. The van der Waals surface area contributed by atoms with Crippen LogP contribution in [0.4, 0.5) is 13.6 Å². The van der Waals surface area contributed by atoms with E-state index in [0.717, 1.165) is 4.90 Å². The molecule has 0 aliphatic heterocycles. The maximum absolute atomic E-state index is 12.2.